The molecule has 1 fully saturated rings. The van der Waals surface area contributed by atoms with Crippen LogP contribution in [-0.2, 0) is 17.6 Å². The molecular formula is C26H33N6NaO2. The first-order chi connectivity index (χ1) is 16.6. The Morgan fingerprint density at radius 2 is 2.20 bits per heavy atom. The number of anilines is 1. The van der Waals surface area contributed by atoms with Gasteiger partial charge in [-0.15, -0.1) is 0 Å². The van der Waals surface area contributed by atoms with Crippen molar-refractivity contribution in [3.63, 3.8) is 0 Å². The maximum absolute atomic E-state index is 11.6. The molecule has 8 nitrogen and oxygen atoms in total. The van der Waals surface area contributed by atoms with Crippen LogP contribution in [-0.4, -0.2) is 61.9 Å². The molecule has 0 radical (unpaired) electrons. The molecule has 0 saturated carbocycles. The summed E-state index contributed by atoms with van der Waals surface area (Å²) < 4.78 is 1.71. The number of aliphatic carboxylic acids is 1. The standard InChI is InChI=1S/C26H32N6O2.Na.H/c33-25(34)14-22(21-3-1-5-24(13-21)32-18-27-17-29-32)16-31-12-10-19(15-31)6-8-23-9-7-20-4-2-11-28-26(20)30-23;;/h1,3,5,7,9,13,17-19,22H,2,4,6,8,10-12,14-16H2,(H,28,30)(H,33,34);;/q;+1;-1/t19-,22-;;/m1../s1. The Balaban J connectivity index is 0.00000180. The van der Waals surface area contributed by atoms with Gasteiger partial charge in [0.2, 0.25) is 0 Å². The zero-order valence-corrected chi connectivity index (χ0v) is 22.4. The average Bonchev–Trinajstić information content (AvgIpc) is 3.55. The Morgan fingerprint density at radius 3 is 3.03 bits per heavy atom. The predicted octanol–water partition coefficient (Wildman–Crippen LogP) is 0.650. The third-order valence-corrected chi connectivity index (χ3v) is 7.06. The molecule has 3 aromatic rings. The zero-order valence-electron chi connectivity index (χ0n) is 21.4. The van der Waals surface area contributed by atoms with Gasteiger partial charge in [0.1, 0.15) is 18.5 Å². The van der Waals surface area contributed by atoms with Crippen LogP contribution in [0.15, 0.2) is 49.1 Å². The van der Waals surface area contributed by atoms with Crippen LogP contribution in [0.4, 0.5) is 5.82 Å². The molecule has 1 saturated heterocycles. The van der Waals surface area contributed by atoms with Crippen molar-refractivity contribution in [3.05, 3.63) is 65.9 Å². The average molecular weight is 485 g/mol. The molecule has 0 aliphatic carbocycles. The fourth-order valence-corrected chi connectivity index (χ4v) is 5.25. The normalized spacial score (nSPS) is 18.3. The molecule has 0 spiro atoms. The number of hydrogen-bond donors (Lipinski definition) is 2. The molecule has 5 rings (SSSR count). The first kappa shape index (κ1) is 25.8. The molecule has 0 unspecified atom stereocenters. The summed E-state index contributed by atoms with van der Waals surface area (Å²) >= 11 is 0. The van der Waals surface area contributed by atoms with E-state index in [1.807, 2.05) is 24.3 Å². The van der Waals surface area contributed by atoms with Crippen LogP contribution in [0.1, 0.15) is 49.8 Å². The number of fused-ring (bicyclic) bond motifs is 1. The smallest absolute Gasteiger partial charge is 1.00 e. The minimum atomic E-state index is -0.765. The number of carboxylic acids is 1. The van der Waals surface area contributed by atoms with E-state index in [-0.39, 0.29) is 43.3 Å². The van der Waals surface area contributed by atoms with E-state index < -0.39 is 5.97 Å². The molecule has 2 aromatic heterocycles. The van der Waals surface area contributed by atoms with Gasteiger partial charge in [-0.25, -0.2) is 14.6 Å². The molecule has 2 aliphatic heterocycles. The van der Waals surface area contributed by atoms with Crippen molar-refractivity contribution in [1.82, 2.24) is 24.6 Å². The van der Waals surface area contributed by atoms with Crippen LogP contribution in [0.25, 0.3) is 5.69 Å². The zero-order chi connectivity index (χ0) is 23.3. The van der Waals surface area contributed by atoms with Gasteiger partial charge in [0.15, 0.2) is 0 Å². The number of nitrogens with one attached hydrogen (secondary N) is 1. The van der Waals surface area contributed by atoms with Crippen molar-refractivity contribution in [2.75, 3.05) is 31.5 Å². The van der Waals surface area contributed by atoms with E-state index in [9.17, 15) is 9.90 Å². The molecular weight excluding hydrogens is 451 g/mol. The van der Waals surface area contributed by atoms with Crippen molar-refractivity contribution in [2.24, 2.45) is 5.92 Å². The second-order valence-electron chi connectivity index (χ2n) is 9.52. The van der Waals surface area contributed by atoms with E-state index in [2.05, 4.69) is 32.4 Å². The Bertz CT molecular complexity index is 1130. The maximum atomic E-state index is 11.6. The number of nitrogens with zero attached hydrogens (tertiary/aromatic N) is 5. The molecule has 2 aliphatic rings. The number of aryl methyl sites for hydroxylation is 2. The van der Waals surface area contributed by atoms with Gasteiger partial charge in [0.05, 0.1) is 12.1 Å². The van der Waals surface area contributed by atoms with Crippen molar-refractivity contribution in [2.45, 2.75) is 44.4 Å². The SMILES string of the molecule is O=C(O)C[C@H](CN1CC[C@@H](CCc2ccc3c(n2)NCCC3)C1)c1cccc(-n2cncn2)c1.[H-].[Na+]. The molecule has 2 atom stereocenters. The van der Waals surface area contributed by atoms with Crippen molar-refractivity contribution < 1.29 is 40.9 Å². The molecule has 0 amide bonds. The molecule has 35 heavy (non-hydrogen) atoms. The van der Waals surface area contributed by atoms with Crippen LogP contribution >= 0.6 is 0 Å². The fraction of sp³-hybridized carbons (Fsp3) is 0.462. The number of carboxylic acid groups (broad SMARTS) is 1. The van der Waals surface area contributed by atoms with Crippen molar-refractivity contribution >= 4 is 11.8 Å². The third-order valence-electron chi connectivity index (χ3n) is 7.06. The topological polar surface area (TPSA) is 96.2 Å². The summed E-state index contributed by atoms with van der Waals surface area (Å²) in [5, 5.41) is 17.2. The van der Waals surface area contributed by atoms with E-state index in [1.165, 1.54) is 24.0 Å². The van der Waals surface area contributed by atoms with Crippen LogP contribution < -0.4 is 34.9 Å². The third kappa shape index (κ3) is 6.70. The Morgan fingerprint density at radius 1 is 1.29 bits per heavy atom. The second-order valence-corrected chi connectivity index (χ2v) is 9.52. The summed E-state index contributed by atoms with van der Waals surface area (Å²) in [6, 6.07) is 12.4. The first-order valence-corrected chi connectivity index (χ1v) is 12.3. The number of aromatic nitrogens is 4. The molecule has 180 valence electrons. The van der Waals surface area contributed by atoms with Crippen LogP contribution in [0.5, 0.6) is 0 Å². The van der Waals surface area contributed by atoms with Crippen molar-refractivity contribution in [1.29, 1.82) is 0 Å². The molecule has 1 aromatic carbocycles. The molecule has 2 N–H and O–H groups in total. The summed E-state index contributed by atoms with van der Waals surface area (Å²) in [4.78, 5) is 22.9. The first-order valence-electron chi connectivity index (χ1n) is 12.3. The number of benzene rings is 1. The monoisotopic (exact) mass is 484 g/mol. The quantitative estimate of drug-likeness (QED) is 0.431. The van der Waals surface area contributed by atoms with Crippen LogP contribution in [0.2, 0.25) is 0 Å². The van der Waals surface area contributed by atoms with Crippen LogP contribution in [0, 0.1) is 5.92 Å². The fourth-order valence-electron chi connectivity index (χ4n) is 5.25. The van der Waals surface area contributed by atoms with E-state index in [0.717, 1.165) is 68.9 Å². The van der Waals surface area contributed by atoms with E-state index in [0.29, 0.717) is 5.92 Å². The predicted molar refractivity (Wildman–Crippen MR) is 131 cm³/mol. The summed E-state index contributed by atoms with van der Waals surface area (Å²) in [7, 11) is 0. The van der Waals surface area contributed by atoms with Crippen LogP contribution in [0.3, 0.4) is 0 Å². The van der Waals surface area contributed by atoms with E-state index in [4.69, 9.17) is 4.98 Å². The minimum absolute atomic E-state index is 0. The minimum Gasteiger partial charge on any atom is -1.00 e. The summed E-state index contributed by atoms with van der Waals surface area (Å²) in [5.41, 5.74) is 4.43. The van der Waals surface area contributed by atoms with E-state index in [1.54, 1.807) is 11.0 Å². The van der Waals surface area contributed by atoms with Gasteiger partial charge < -0.3 is 16.7 Å². The number of likely N-dealkylation sites (tertiary alicyclic amines) is 1. The number of carbonyl (C=O) groups is 1. The van der Waals surface area contributed by atoms with E-state index >= 15 is 0 Å². The molecule has 9 heteroatoms. The van der Waals surface area contributed by atoms with Crippen molar-refractivity contribution in [3.8, 4) is 5.69 Å². The summed E-state index contributed by atoms with van der Waals surface area (Å²) in [6.45, 7) is 3.80. The van der Waals surface area contributed by atoms with Gasteiger partial charge in [0, 0.05) is 31.2 Å². The molecule has 0 bridgehead atoms. The summed E-state index contributed by atoms with van der Waals surface area (Å²) in [5.74, 6) is 0.867. The van der Waals surface area contributed by atoms with Gasteiger partial charge >= 0.3 is 35.5 Å². The van der Waals surface area contributed by atoms with Gasteiger partial charge in [-0.3, -0.25) is 4.79 Å². The Labute approximate surface area is 229 Å². The Hall–Kier alpha value is -2.26. The number of rotatable bonds is 9. The van der Waals surface area contributed by atoms with Gasteiger partial charge in [-0.05, 0) is 73.9 Å². The van der Waals surface area contributed by atoms with Gasteiger partial charge in [0.25, 0.3) is 0 Å². The second kappa shape index (κ2) is 12.1. The number of pyridine rings is 1. The number of hydrogen-bond acceptors (Lipinski definition) is 6. The largest absolute Gasteiger partial charge is 1.00 e. The van der Waals surface area contributed by atoms with Gasteiger partial charge in [-0.2, -0.15) is 5.10 Å². The molecule has 4 heterocycles. The summed E-state index contributed by atoms with van der Waals surface area (Å²) in [6.07, 6.45) is 8.84. The maximum Gasteiger partial charge on any atom is 1.00 e. The van der Waals surface area contributed by atoms with Gasteiger partial charge in [-0.1, -0.05) is 18.2 Å². The Kier molecular flexibility index (Phi) is 8.94.